The molecule has 37 heteroatoms. The van der Waals surface area contributed by atoms with Gasteiger partial charge in [-0.1, -0.05) is 26.2 Å². The molecule has 3 heterocycles. The van der Waals surface area contributed by atoms with E-state index in [1.807, 2.05) is 0 Å². The third-order valence-corrected chi connectivity index (χ3v) is 13.8. The van der Waals surface area contributed by atoms with Crippen molar-refractivity contribution < 1.29 is 176 Å². The van der Waals surface area contributed by atoms with Crippen LogP contribution >= 0.6 is 0 Å². The van der Waals surface area contributed by atoms with Crippen LogP contribution in [0.4, 0.5) is 0 Å². The van der Waals surface area contributed by atoms with Crippen LogP contribution in [0.2, 0.25) is 0 Å². The van der Waals surface area contributed by atoms with Gasteiger partial charge >= 0.3 is 35.5 Å². The van der Waals surface area contributed by atoms with Crippen molar-refractivity contribution in [2.45, 2.75) is 171 Å². The fourth-order valence-electron chi connectivity index (χ4n) is 9.34. The number of unbranched alkanes of at least 4 members (excludes halogenated alkanes) is 3. The van der Waals surface area contributed by atoms with Crippen LogP contribution in [-0.4, -0.2) is 332 Å². The predicted octanol–water partition coefficient (Wildman–Crippen LogP) is -10.6. The van der Waals surface area contributed by atoms with E-state index >= 15 is 0 Å². The zero-order valence-corrected chi connectivity index (χ0v) is 54.2. The fraction of sp³-hybridized carbons (Fsp3) is 0.852. The number of aliphatic hydroxyl groups is 9. The molecule has 0 aliphatic carbocycles. The van der Waals surface area contributed by atoms with Crippen molar-refractivity contribution in [1.29, 1.82) is 0 Å². The molecule has 520 valence electrons. The van der Waals surface area contributed by atoms with E-state index in [0.29, 0.717) is 11.3 Å². The molecule has 91 heavy (non-hydrogen) atoms. The SMILES string of the molecule is CCCCC(C(=O)N(CCCCCC(=O)O)NC(=O)COCCOCCO[C@@H]1O[C@H](CO)[C@H](O)[C@H](O)[C@H]1NC(C)=O)N(C(=O)COCCOCCO[C@@H]1O[C@H](CO)[C@H](O)[C@H](O)[C@H]1NC(C)=O)C(=O)COCCOCCO[C@@H]1O[C@H](CO)[C@H](O)[C@H](O)[C@H]1NC(C)=O.[Na+]. The molecular formula is C54H94N6NaO30+. The van der Waals surface area contributed by atoms with Crippen LogP contribution in [0.5, 0.6) is 0 Å². The quantitative estimate of drug-likeness (QED) is 0.0153. The molecule has 0 radical (unpaired) electrons. The number of imide groups is 1. The number of aliphatic carboxylic acids is 1. The van der Waals surface area contributed by atoms with Gasteiger partial charge in [0.25, 0.3) is 23.6 Å². The zero-order chi connectivity index (χ0) is 66.7. The maximum atomic E-state index is 14.8. The van der Waals surface area contributed by atoms with E-state index in [-0.39, 0.29) is 154 Å². The second-order valence-corrected chi connectivity index (χ2v) is 21.0. The van der Waals surface area contributed by atoms with Gasteiger partial charge in [-0.05, 0) is 19.3 Å². The van der Waals surface area contributed by atoms with Crippen LogP contribution in [0, 0.1) is 0 Å². The Bertz CT molecular complexity index is 2070. The molecule has 3 saturated heterocycles. The minimum atomic E-state index is -1.58. The number of nitrogens with one attached hydrogen (secondary N) is 4. The summed E-state index contributed by atoms with van der Waals surface area (Å²) in [6, 6.07) is -5.14. The van der Waals surface area contributed by atoms with Crippen molar-refractivity contribution in [2.24, 2.45) is 0 Å². The first-order chi connectivity index (χ1) is 43.0. The number of carbonyl (C=O) groups is 8. The minimum Gasteiger partial charge on any atom is -0.481 e. The van der Waals surface area contributed by atoms with E-state index in [0.717, 1.165) is 5.01 Å². The third-order valence-electron chi connectivity index (χ3n) is 13.8. The van der Waals surface area contributed by atoms with Gasteiger partial charge in [0.15, 0.2) is 18.9 Å². The van der Waals surface area contributed by atoms with Crippen LogP contribution < -0.4 is 50.9 Å². The summed E-state index contributed by atoms with van der Waals surface area (Å²) >= 11 is 0. The average Bonchev–Trinajstić information content (AvgIpc) is 1.07. The van der Waals surface area contributed by atoms with E-state index in [1.165, 1.54) is 20.8 Å². The molecule has 0 saturated carbocycles. The Hall–Kier alpha value is -3.88. The van der Waals surface area contributed by atoms with E-state index < -0.39 is 185 Å². The van der Waals surface area contributed by atoms with Crippen molar-refractivity contribution in [2.75, 3.05) is 125 Å². The van der Waals surface area contributed by atoms with Crippen LogP contribution in [-0.2, 0) is 95.2 Å². The average molecular weight is 1330 g/mol. The van der Waals surface area contributed by atoms with Gasteiger partial charge in [0.2, 0.25) is 17.7 Å². The van der Waals surface area contributed by atoms with Gasteiger partial charge in [-0.25, -0.2) is 0 Å². The van der Waals surface area contributed by atoms with E-state index in [9.17, 15) is 89.4 Å². The van der Waals surface area contributed by atoms with Crippen LogP contribution in [0.1, 0.15) is 72.6 Å². The van der Waals surface area contributed by atoms with Crippen molar-refractivity contribution in [1.82, 2.24) is 31.3 Å². The standard InChI is InChI=1S/C54H94N6O30.Na/c1-5-6-10-34(51(78)59(12-9-7-8-11-41(70)71)58-38(67)28-82-16-13-79-19-22-85-52-42(55-31(2)64)48(75)45(72)35(25-61)88-52)60(39(68)29-83-17-14-80-20-23-86-53-43(56-32(3)65)49(76)46(73)36(26-62)89-53)40(69)30-84-18-15-81-21-24-87-54-44(57-33(4)66)50(77)47(74)37(27-63)90-54;/h34-37,42-50,52-54,61-63,72-77H,5-30H2,1-4H3,(H,55,64)(H,56,65)(H,57,66)(H,58,67)(H,70,71);/q;+1/t34?,35-,36-,37-,42-,43-,44-,45+,46+,47+,48-,49-,50-,52-,53-,54-;/m1./s1. The van der Waals surface area contributed by atoms with Crippen LogP contribution in [0.25, 0.3) is 0 Å². The second kappa shape index (κ2) is 46.3. The number of carboxylic acids is 1. The number of nitrogens with zero attached hydrogens (tertiary/aromatic N) is 2. The van der Waals surface area contributed by atoms with Crippen molar-refractivity contribution >= 4 is 47.3 Å². The summed E-state index contributed by atoms with van der Waals surface area (Å²) in [6.45, 7) is -0.879. The summed E-state index contributed by atoms with van der Waals surface area (Å²) < 4.78 is 66.7. The first kappa shape index (κ1) is 83.2. The summed E-state index contributed by atoms with van der Waals surface area (Å²) in [4.78, 5) is 104. The number of carboxylic acid groups (broad SMARTS) is 1. The molecule has 0 bridgehead atoms. The number of hydrogen-bond acceptors (Lipinski definition) is 29. The molecule has 0 spiro atoms. The maximum absolute atomic E-state index is 14.8. The molecule has 3 rings (SSSR count). The fourth-order valence-corrected chi connectivity index (χ4v) is 9.34. The Morgan fingerprint density at radius 2 is 0.824 bits per heavy atom. The molecule has 16 atom stereocenters. The summed E-state index contributed by atoms with van der Waals surface area (Å²) in [5.74, 6) is -6.46. The first-order valence-electron chi connectivity index (χ1n) is 29.7. The molecule has 3 fully saturated rings. The van der Waals surface area contributed by atoms with Crippen LogP contribution in [0.15, 0.2) is 0 Å². The van der Waals surface area contributed by atoms with Gasteiger partial charge in [-0.3, -0.25) is 53.7 Å². The number of aliphatic hydroxyl groups excluding tert-OH is 9. The number of hydrogen-bond donors (Lipinski definition) is 14. The van der Waals surface area contributed by atoms with E-state index in [1.54, 1.807) is 6.92 Å². The summed E-state index contributed by atoms with van der Waals surface area (Å²) in [7, 11) is 0. The Morgan fingerprint density at radius 3 is 1.16 bits per heavy atom. The molecule has 14 N–H and O–H groups in total. The van der Waals surface area contributed by atoms with Gasteiger partial charge in [0.1, 0.15) is 98.9 Å². The zero-order valence-electron chi connectivity index (χ0n) is 52.2. The number of carbonyl (C=O) groups excluding carboxylic acids is 7. The molecule has 3 aliphatic rings. The monoisotopic (exact) mass is 1330 g/mol. The Morgan fingerprint density at radius 1 is 0.473 bits per heavy atom. The minimum absolute atomic E-state index is 0. The largest absolute Gasteiger partial charge is 1.00 e. The van der Waals surface area contributed by atoms with Gasteiger partial charge in [0.05, 0.1) is 99.1 Å². The third kappa shape index (κ3) is 29.8. The number of hydrazine groups is 1. The second-order valence-electron chi connectivity index (χ2n) is 21.0. The summed E-state index contributed by atoms with van der Waals surface area (Å²) in [5, 5.41) is 109. The van der Waals surface area contributed by atoms with Gasteiger partial charge in [-0.15, -0.1) is 0 Å². The van der Waals surface area contributed by atoms with Crippen molar-refractivity contribution in [3.05, 3.63) is 0 Å². The maximum Gasteiger partial charge on any atom is 1.00 e. The smallest absolute Gasteiger partial charge is 0.481 e. The molecule has 36 nitrogen and oxygen atoms in total. The Balaban J connectivity index is 0.0000282. The van der Waals surface area contributed by atoms with E-state index in [2.05, 4.69) is 21.4 Å². The van der Waals surface area contributed by atoms with Gasteiger partial charge in [-0.2, -0.15) is 0 Å². The van der Waals surface area contributed by atoms with E-state index in [4.69, 9.17) is 56.8 Å². The molecule has 0 aromatic rings. The van der Waals surface area contributed by atoms with Gasteiger partial charge < -0.3 is 124 Å². The normalized spacial score (nSPS) is 26.8. The molecule has 1 unspecified atom stereocenters. The number of rotatable bonds is 44. The molecule has 3 aliphatic heterocycles. The van der Waals surface area contributed by atoms with Crippen molar-refractivity contribution in [3.63, 3.8) is 0 Å². The Kier molecular flexibility index (Phi) is 42.3. The summed E-state index contributed by atoms with van der Waals surface area (Å²) in [6.07, 6.45) is -15.5. The number of ether oxygens (including phenoxy) is 12. The van der Waals surface area contributed by atoms with Gasteiger partial charge in [0, 0.05) is 33.7 Å². The molecular weight excluding hydrogens is 1240 g/mol. The topological polar surface area (TPSA) is 504 Å². The molecule has 0 aromatic carbocycles. The first-order valence-corrected chi connectivity index (χ1v) is 29.7. The molecule has 7 amide bonds. The number of amides is 7. The Labute approximate surface area is 548 Å². The predicted molar refractivity (Wildman–Crippen MR) is 300 cm³/mol. The summed E-state index contributed by atoms with van der Waals surface area (Å²) in [5.41, 5.74) is 2.48. The van der Waals surface area contributed by atoms with Crippen molar-refractivity contribution in [3.8, 4) is 0 Å². The molecule has 0 aromatic heterocycles. The van der Waals surface area contributed by atoms with Crippen LogP contribution in [0.3, 0.4) is 0 Å².